The van der Waals surface area contributed by atoms with Crippen LogP contribution in [0.5, 0.6) is 0 Å². The van der Waals surface area contributed by atoms with Gasteiger partial charge in [0.25, 0.3) is 0 Å². The highest BCUT2D eigenvalue weighted by atomic mass is 15.1. The molecule has 1 aromatic heterocycles. The number of fused-ring (bicyclic) bond motifs is 1. The van der Waals surface area contributed by atoms with E-state index < -0.39 is 0 Å². The Labute approximate surface area is 100 Å². The van der Waals surface area contributed by atoms with E-state index in [4.69, 9.17) is 0 Å². The first-order valence-electron chi connectivity index (χ1n) is 5.80. The number of rotatable bonds is 3. The molecule has 1 heterocycles. The van der Waals surface area contributed by atoms with Crippen LogP contribution in [-0.2, 0) is 12.8 Å². The minimum absolute atomic E-state index is 0.960. The van der Waals surface area contributed by atoms with Crippen molar-refractivity contribution < 1.29 is 0 Å². The van der Waals surface area contributed by atoms with Crippen molar-refractivity contribution in [1.29, 1.82) is 0 Å². The van der Waals surface area contributed by atoms with E-state index in [0.29, 0.717) is 0 Å². The van der Waals surface area contributed by atoms with Crippen LogP contribution >= 0.6 is 0 Å². The number of hydrogen-bond donors (Lipinski definition) is 1. The van der Waals surface area contributed by atoms with Gasteiger partial charge in [0.1, 0.15) is 0 Å². The SMILES string of the molecule is [c]1ccc2[nH]nc(CCc3ccccc3)c2c1. The van der Waals surface area contributed by atoms with Gasteiger partial charge in [-0.2, -0.15) is 5.10 Å². The lowest BCUT2D eigenvalue weighted by Gasteiger charge is -1.99. The molecule has 0 aliphatic heterocycles. The van der Waals surface area contributed by atoms with E-state index in [0.717, 1.165) is 24.1 Å². The fraction of sp³-hybridized carbons (Fsp3) is 0.133. The molecule has 0 amide bonds. The van der Waals surface area contributed by atoms with Gasteiger partial charge in [-0.3, -0.25) is 5.10 Å². The van der Waals surface area contributed by atoms with Gasteiger partial charge in [0, 0.05) is 5.39 Å². The van der Waals surface area contributed by atoms with E-state index in [1.54, 1.807) is 0 Å². The van der Waals surface area contributed by atoms with Crippen molar-refractivity contribution in [2.45, 2.75) is 12.8 Å². The summed E-state index contributed by atoms with van der Waals surface area (Å²) in [5.74, 6) is 0. The molecule has 0 aliphatic rings. The lowest BCUT2D eigenvalue weighted by molar-refractivity contribution is 0.901. The van der Waals surface area contributed by atoms with Crippen molar-refractivity contribution in [2.24, 2.45) is 0 Å². The normalized spacial score (nSPS) is 10.8. The van der Waals surface area contributed by atoms with Crippen molar-refractivity contribution in [1.82, 2.24) is 10.2 Å². The molecule has 17 heavy (non-hydrogen) atoms. The number of nitrogens with one attached hydrogen (secondary N) is 1. The molecule has 83 valence electrons. The molecule has 0 bridgehead atoms. The summed E-state index contributed by atoms with van der Waals surface area (Å²) in [5.41, 5.74) is 3.57. The number of benzene rings is 2. The molecular formula is C15H13N2. The van der Waals surface area contributed by atoms with Crippen molar-refractivity contribution in [3.05, 3.63) is 65.9 Å². The summed E-state index contributed by atoms with van der Waals surface area (Å²) in [7, 11) is 0. The van der Waals surface area contributed by atoms with Gasteiger partial charge in [-0.05, 0) is 36.6 Å². The van der Waals surface area contributed by atoms with Gasteiger partial charge < -0.3 is 0 Å². The number of hydrogen-bond acceptors (Lipinski definition) is 1. The summed E-state index contributed by atoms with van der Waals surface area (Å²) in [6, 6.07) is 19.5. The third kappa shape index (κ3) is 2.07. The van der Waals surface area contributed by atoms with Crippen LogP contribution in [0.25, 0.3) is 10.9 Å². The standard InChI is InChI=1S/C15H13N2/c1-2-6-12(7-3-1)10-11-15-13-8-4-5-9-14(13)16-17-15/h1-3,5-9H,10-11H2,(H,16,17). The highest BCUT2D eigenvalue weighted by Crippen LogP contribution is 2.16. The summed E-state index contributed by atoms with van der Waals surface area (Å²) in [6.07, 6.45) is 1.98. The lowest BCUT2D eigenvalue weighted by atomic mass is 10.1. The number of nitrogens with zero attached hydrogens (tertiary/aromatic N) is 1. The van der Waals surface area contributed by atoms with Crippen LogP contribution in [0.15, 0.2) is 48.5 Å². The predicted molar refractivity (Wildman–Crippen MR) is 68.8 cm³/mol. The summed E-state index contributed by atoms with van der Waals surface area (Å²) < 4.78 is 0. The Bertz CT molecular complexity index is 611. The van der Waals surface area contributed by atoms with Crippen LogP contribution in [0.1, 0.15) is 11.3 Å². The maximum Gasteiger partial charge on any atom is 0.0704 e. The molecule has 0 spiro atoms. The molecule has 0 saturated carbocycles. The summed E-state index contributed by atoms with van der Waals surface area (Å²) in [6.45, 7) is 0. The van der Waals surface area contributed by atoms with Crippen LogP contribution in [-0.4, -0.2) is 10.2 Å². The zero-order valence-electron chi connectivity index (χ0n) is 9.48. The van der Waals surface area contributed by atoms with Crippen molar-refractivity contribution >= 4 is 10.9 Å². The minimum Gasteiger partial charge on any atom is -0.278 e. The zero-order chi connectivity index (χ0) is 11.5. The average Bonchev–Trinajstić information content (AvgIpc) is 2.81. The van der Waals surface area contributed by atoms with E-state index in [1.165, 1.54) is 10.9 Å². The van der Waals surface area contributed by atoms with Gasteiger partial charge in [-0.1, -0.05) is 36.4 Å². The third-order valence-corrected chi connectivity index (χ3v) is 2.98. The van der Waals surface area contributed by atoms with E-state index in [1.807, 2.05) is 24.3 Å². The van der Waals surface area contributed by atoms with Gasteiger partial charge in [-0.25, -0.2) is 0 Å². The lowest BCUT2D eigenvalue weighted by Crippen LogP contribution is -1.91. The molecule has 1 radical (unpaired) electrons. The van der Waals surface area contributed by atoms with E-state index in [9.17, 15) is 0 Å². The van der Waals surface area contributed by atoms with Gasteiger partial charge >= 0.3 is 0 Å². The van der Waals surface area contributed by atoms with E-state index in [2.05, 4.69) is 40.5 Å². The molecular weight excluding hydrogens is 208 g/mol. The number of aryl methyl sites for hydroxylation is 2. The Morgan fingerprint density at radius 1 is 1.06 bits per heavy atom. The molecule has 1 N–H and O–H groups in total. The summed E-state index contributed by atoms with van der Waals surface area (Å²) in [4.78, 5) is 0. The topological polar surface area (TPSA) is 28.7 Å². The average molecular weight is 221 g/mol. The van der Waals surface area contributed by atoms with Gasteiger partial charge in [0.15, 0.2) is 0 Å². The van der Waals surface area contributed by atoms with Crippen molar-refractivity contribution in [3.8, 4) is 0 Å². The largest absolute Gasteiger partial charge is 0.278 e. The second-order valence-corrected chi connectivity index (χ2v) is 4.13. The van der Waals surface area contributed by atoms with Crippen molar-refractivity contribution in [3.63, 3.8) is 0 Å². The third-order valence-electron chi connectivity index (χ3n) is 2.98. The van der Waals surface area contributed by atoms with Gasteiger partial charge in [-0.15, -0.1) is 0 Å². The molecule has 2 nitrogen and oxygen atoms in total. The van der Waals surface area contributed by atoms with E-state index >= 15 is 0 Å². The minimum atomic E-state index is 0.960. The first-order valence-corrected chi connectivity index (χ1v) is 5.80. The molecule has 2 heteroatoms. The fourth-order valence-corrected chi connectivity index (χ4v) is 2.05. The predicted octanol–water partition coefficient (Wildman–Crippen LogP) is 3.15. The first kappa shape index (κ1) is 10.1. The Morgan fingerprint density at radius 3 is 2.82 bits per heavy atom. The van der Waals surface area contributed by atoms with Gasteiger partial charge in [0.05, 0.1) is 11.2 Å². The smallest absolute Gasteiger partial charge is 0.0704 e. The molecule has 0 unspecified atom stereocenters. The van der Waals surface area contributed by atoms with E-state index in [-0.39, 0.29) is 0 Å². The second kappa shape index (κ2) is 4.42. The summed E-state index contributed by atoms with van der Waals surface area (Å²) in [5, 5.41) is 8.60. The first-order chi connectivity index (χ1) is 8.43. The number of aromatic nitrogens is 2. The zero-order valence-corrected chi connectivity index (χ0v) is 9.48. The number of aromatic amines is 1. The monoisotopic (exact) mass is 221 g/mol. The quantitative estimate of drug-likeness (QED) is 0.723. The maximum atomic E-state index is 4.37. The maximum absolute atomic E-state index is 4.37. The number of H-pyrrole nitrogens is 1. The highest BCUT2D eigenvalue weighted by Gasteiger charge is 2.04. The molecule has 2 aromatic carbocycles. The van der Waals surface area contributed by atoms with Gasteiger partial charge in [0.2, 0.25) is 0 Å². The van der Waals surface area contributed by atoms with Crippen LogP contribution in [0.2, 0.25) is 0 Å². The molecule has 0 aliphatic carbocycles. The molecule has 0 fully saturated rings. The molecule has 0 saturated heterocycles. The fourth-order valence-electron chi connectivity index (χ4n) is 2.05. The Balaban J connectivity index is 1.82. The summed E-state index contributed by atoms with van der Waals surface area (Å²) >= 11 is 0. The molecule has 3 aromatic rings. The van der Waals surface area contributed by atoms with Crippen LogP contribution in [0, 0.1) is 6.07 Å². The Kier molecular flexibility index (Phi) is 2.62. The van der Waals surface area contributed by atoms with Crippen LogP contribution in [0.3, 0.4) is 0 Å². The Hall–Kier alpha value is -2.09. The molecule has 3 rings (SSSR count). The second-order valence-electron chi connectivity index (χ2n) is 4.13. The highest BCUT2D eigenvalue weighted by molar-refractivity contribution is 5.80. The van der Waals surface area contributed by atoms with Crippen LogP contribution in [0.4, 0.5) is 0 Å². The molecule has 0 atom stereocenters. The van der Waals surface area contributed by atoms with Crippen molar-refractivity contribution in [2.75, 3.05) is 0 Å². The Morgan fingerprint density at radius 2 is 1.94 bits per heavy atom. The van der Waals surface area contributed by atoms with Crippen LogP contribution < -0.4 is 0 Å².